The van der Waals surface area contributed by atoms with Gasteiger partial charge in [0.2, 0.25) is 0 Å². The lowest BCUT2D eigenvalue weighted by molar-refractivity contribution is -0.141. The number of hydrogen-bond donors (Lipinski definition) is 0. The van der Waals surface area contributed by atoms with Crippen LogP contribution < -0.4 is 0 Å². The number of carbonyl (C=O) groups is 1. The third-order valence-corrected chi connectivity index (χ3v) is 4.41. The molecule has 0 amide bonds. The molecule has 1 fully saturated rings. The highest BCUT2D eigenvalue weighted by Gasteiger charge is 2.44. The van der Waals surface area contributed by atoms with Crippen molar-refractivity contribution in [2.45, 2.75) is 31.2 Å². The normalized spacial score (nSPS) is 16.6. The summed E-state index contributed by atoms with van der Waals surface area (Å²) in [7, 11) is 1.45. The zero-order chi connectivity index (χ0) is 12.3. The van der Waals surface area contributed by atoms with Crippen molar-refractivity contribution in [3.05, 3.63) is 23.9 Å². The van der Waals surface area contributed by atoms with Gasteiger partial charge in [0, 0.05) is 11.9 Å². The first kappa shape index (κ1) is 12.4. The van der Waals surface area contributed by atoms with E-state index in [0.29, 0.717) is 6.42 Å². The maximum atomic E-state index is 11.3. The Morgan fingerprint density at radius 3 is 2.82 bits per heavy atom. The molecule has 1 heterocycles. The number of methoxy groups -OCH3 is 1. The van der Waals surface area contributed by atoms with Gasteiger partial charge in [-0.25, -0.2) is 4.98 Å². The molecule has 1 aromatic rings. The molecule has 1 aromatic heterocycles. The summed E-state index contributed by atoms with van der Waals surface area (Å²) in [6, 6.07) is 4.10. The van der Waals surface area contributed by atoms with Crippen molar-refractivity contribution in [1.29, 1.82) is 0 Å². The SMILES string of the molecule is COC(=O)CC1(CSc2ccc(C)cn2)CC1. The Kier molecular flexibility index (Phi) is 3.72. The van der Waals surface area contributed by atoms with E-state index in [9.17, 15) is 4.79 Å². The van der Waals surface area contributed by atoms with Crippen LogP contribution in [0.2, 0.25) is 0 Å². The summed E-state index contributed by atoms with van der Waals surface area (Å²) in [5.41, 5.74) is 1.34. The Hall–Kier alpha value is -1.03. The van der Waals surface area contributed by atoms with Gasteiger partial charge >= 0.3 is 5.97 Å². The number of esters is 1. The topological polar surface area (TPSA) is 39.2 Å². The molecule has 0 saturated heterocycles. The molecule has 4 heteroatoms. The predicted octanol–water partition coefficient (Wildman–Crippen LogP) is 2.83. The van der Waals surface area contributed by atoms with E-state index in [1.54, 1.807) is 11.8 Å². The van der Waals surface area contributed by atoms with Crippen molar-refractivity contribution in [1.82, 2.24) is 4.98 Å². The van der Waals surface area contributed by atoms with Crippen LogP contribution in [-0.4, -0.2) is 23.8 Å². The number of hydrogen-bond acceptors (Lipinski definition) is 4. The fourth-order valence-corrected chi connectivity index (χ4v) is 2.83. The van der Waals surface area contributed by atoms with Gasteiger partial charge in [-0.3, -0.25) is 4.79 Å². The van der Waals surface area contributed by atoms with Gasteiger partial charge in [-0.05, 0) is 36.8 Å². The number of aryl methyl sites for hydroxylation is 1. The molecule has 1 aliphatic carbocycles. The first-order chi connectivity index (χ1) is 8.13. The van der Waals surface area contributed by atoms with Crippen molar-refractivity contribution in [2.75, 3.05) is 12.9 Å². The molecule has 17 heavy (non-hydrogen) atoms. The minimum absolute atomic E-state index is 0.0973. The molecular formula is C13H17NO2S. The van der Waals surface area contributed by atoms with E-state index in [1.165, 1.54) is 12.7 Å². The number of aromatic nitrogens is 1. The van der Waals surface area contributed by atoms with E-state index in [0.717, 1.165) is 23.6 Å². The average Bonchev–Trinajstić information content (AvgIpc) is 3.09. The summed E-state index contributed by atoms with van der Waals surface area (Å²) in [6.07, 6.45) is 4.67. The minimum Gasteiger partial charge on any atom is -0.469 e. The molecule has 0 radical (unpaired) electrons. The molecule has 0 aromatic carbocycles. The number of thioether (sulfide) groups is 1. The van der Waals surface area contributed by atoms with Gasteiger partial charge < -0.3 is 4.74 Å². The summed E-state index contributed by atoms with van der Waals surface area (Å²) in [6.45, 7) is 2.03. The number of carbonyl (C=O) groups excluding carboxylic acids is 1. The second-order valence-corrected chi connectivity index (χ2v) is 5.71. The van der Waals surface area contributed by atoms with Crippen molar-refractivity contribution in [3.63, 3.8) is 0 Å². The monoisotopic (exact) mass is 251 g/mol. The molecule has 0 N–H and O–H groups in total. The van der Waals surface area contributed by atoms with Crippen LogP contribution in [0.25, 0.3) is 0 Å². The Balaban J connectivity index is 1.85. The van der Waals surface area contributed by atoms with Crippen LogP contribution in [0.1, 0.15) is 24.8 Å². The van der Waals surface area contributed by atoms with Gasteiger partial charge in [-0.1, -0.05) is 6.07 Å². The molecule has 0 bridgehead atoms. The third-order valence-electron chi connectivity index (χ3n) is 3.11. The molecule has 0 atom stereocenters. The molecule has 0 unspecified atom stereocenters. The first-order valence-corrected chi connectivity index (χ1v) is 6.74. The smallest absolute Gasteiger partial charge is 0.306 e. The lowest BCUT2D eigenvalue weighted by Gasteiger charge is -2.12. The molecule has 1 aliphatic rings. The Morgan fingerprint density at radius 1 is 1.53 bits per heavy atom. The molecule has 2 rings (SSSR count). The lowest BCUT2D eigenvalue weighted by Crippen LogP contribution is -2.13. The van der Waals surface area contributed by atoms with Crippen LogP contribution in [0.3, 0.4) is 0 Å². The molecule has 3 nitrogen and oxygen atoms in total. The lowest BCUT2D eigenvalue weighted by atomic mass is 10.1. The molecule has 1 saturated carbocycles. The molecule has 0 aliphatic heterocycles. The highest BCUT2D eigenvalue weighted by atomic mass is 32.2. The zero-order valence-electron chi connectivity index (χ0n) is 10.2. The van der Waals surface area contributed by atoms with Gasteiger partial charge in [0.15, 0.2) is 0 Å². The van der Waals surface area contributed by atoms with Crippen LogP contribution in [-0.2, 0) is 9.53 Å². The van der Waals surface area contributed by atoms with Crippen LogP contribution in [0.5, 0.6) is 0 Å². The summed E-state index contributed by atoms with van der Waals surface area (Å²) in [5, 5.41) is 1.03. The highest BCUT2D eigenvalue weighted by Crippen LogP contribution is 2.51. The third kappa shape index (κ3) is 3.46. The fourth-order valence-electron chi connectivity index (χ4n) is 1.69. The highest BCUT2D eigenvalue weighted by molar-refractivity contribution is 7.99. The van der Waals surface area contributed by atoms with Crippen LogP contribution in [0, 0.1) is 12.3 Å². The van der Waals surface area contributed by atoms with E-state index in [2.05, 4.69) is 11.1 Å². The Bertz CT molecular complexity index is 398. The van der Waals surface area contributed by atoms with E-state index >= 15 is 0 Å². The second-order valence-electron chi connectivity index (χ2n) is 4.72. The molecule has 92 valence electrons. The van der Waals surface area contributed by atoms with Crippen LogP contribution in [0.15, 0.2) is 23.4 Å². The summed E-state index contributed by atoms with van der Waals surface area (Å²) in [4.78, 5) is 15.6. The van der Waals surface area contributed by atoms with Crippen LogP contribution in [0.4, 0.5) is 0 Å². The van der Waals surface area contributed by atoms with E-state index in [-0.39, 0.29) is 11.4 Å². The number of ether oxygens (including phenoxy) is 1. The summed E-state index contributed by atoms with van der Waals surface area (Å²) in [5.74, 6) is 0.859. The van der Waals surface area contributed by atoms with Gasteiger partial charge in [0.1, 0.15) is 0 Å². The standard InChI is InChI=1S/C13H17NO2S/c1-10-3-4-11(14-8-10)17-9-13(5-6-13)7-12(15)16-2/h3-4,8H,5-7,9H2,1-2H3. The maximum absolute atomic E-state index is 11.3. The first-order valence-electron chi connectivity index (χ1n) is 5.76. The largest absolute Gasteiger partial charge is 0.469 e. The van der Waals surface area contributed by atoms with Crippen molar-refractivity contribution >= 4 is 17.7 Å². The fraction of sp³-hybridized carbons (Fsp3) is 0.538. The van der Waals surface area contributed by atoms with E-state index in [1.807, 2.05) is 19.2 Å². The Labute approximate surface area is 106 Å². The predicted molar refractivity (Wildman–Crippen MR) is 68.0 cm³/mol. The summed E-state index contributed by atoms with van der Waals surface area (Å²) < 4.78 is 4.73. The van der Waals surface area contributed by atoms with Crippen LogP contribution >= 0.6 is 11.8 Å². The van der Waals surface area contributed by atoms with Gasteiger partial charge in [0.05, 0.1) is 18.6 Å². The average molecular weight is 251 g/mol. The van der Waals surface area contributed by atoms with Gasteiger partial charge in [-0.15, -0.1) is 11.8 Å². The summed E-state index contributed by atoms with van der Waals surface area (Å²) >= 11 is 1.73. The zero-order valence-corrected chi connectivity index (χ0v) is 11.0. The molecule has 0 spiro atoms. The minimum atomic E-state index is -0.0973. The second kappa shape index (κ2) is 5.08. The quantitative estimate of drug-likeness (QED) is 0.596. The Morgan fingerprint density at radius 2 is 2.29 bits per heavy atom. The van der Waals surface area contributed by atoms with Gasteiger partial charge in [0.25, 0.3) is 0 Å². The van der Waals surface area contributed by atoms with Crippen molar-refractivity contribution in [2.24, 2.45) is 5.41 Å². The number of rotatable bonds is 5. The van der Waals surface area contributed by atoms with Gasteiger partial charge in [-0.2, -0.15) is 0 Å². The number of pyridine rings is 1. The van der Waals surface area contributed by atoms with Crippen molar-refractivity contribution in [3.8, 4) is 0 Å². The number of nitrogens with zero attached hydrogens (tertiary/aromatic N) is 1. The molecular weight excluding hydrogens is 234 g/mol. The van der Waals surface area contributed by atoms with E-state index < -0.39 is 0 Å². The maximum Gasteiger partial charge on any atom is 0.306 e. The van der Waals surface area contributed by atoms with Crippen molar-refractivity contribution < 1.29 is 9.53 Å². The van der Waals surface area contributed by atoms with E-state index in [4.69, 9.17) is 4.74 Å².